The van der Waals surface area contributed by atoms with E-state index in [1.807, 2.05) is 0 Å². The summed E-state index contributed by atoms with van der Waals surface area (Å²) in [5, 5.41) is 0. The molecule has 124 valence electrons. The van der Waals surface area contributed by atoms with E-state index < -0.39 is 26.7 Å². The molecule has 1 aromatic carbocycles. The van der Waals surface area contributed by atoms with Crippen molar-refractivity contribution in [1.82, 2.24) is 4.72 Å². The van der Waals surface area contributed by atoms with Crippen molar-refractivity contribution in [3.63, 3.8) is 0 Å². The second-order valence-electron chi connectivity index (χ2n) is 5.64. The van der Waals surface area contributed by atoms with E-state index >= 15 is 0 Å². The van der Waals surface area contributed by atoms with Crippen LogP contribution in [-0.4, -0.2) is 21.0 Å². The molecule has 1 aliphatic rings. The monoisotopic (exact) mass is 336 g/mol. The summed E-state index contributed by atoms with van der Waals surface area (Å²) in [7, 11) is -4.20. The van der Waals surface area contributed by atoms with Crippen LogP contribution in [0.2, 0.25) is 0 Å². The zero-order chi connectivity index (χ0) is 16.4. The van der Waals surface area contributed by atoms with Gasteiger partial charge < -0.3 is 5.73 Å². The highest BCUT2D eigenvalue weighted by molar-refractivity contribution is 7.89. The summed E-state index contributed by atoms with van der Waals surface area (Å²) in [6.45, 7) is 0.113. The maximum atomic E-state index is 12.9. The third-order valence-electron chi connectivity index (χ3n) is 3.87. The van der Waals surface area contributed by atoms with Gasteiger partial charge in [0, 0.05) is 12.6 Å². The van der Waals surface area contributed by atoms with Gasteiger partial charge in [-0.25, -0.2) is 13.1 Å². The lowest BCUT2D eigenvalue weighted by atomic mass is 9.86. The van der Waals surface area contributed by atoms with E-state index in [1.54, 1.807) is 0 Å². The number of sulfonamides is 1. The van der Waals surface area contributed by atoms with Crippen LogP contribution in [0.15, 0.2) is 29.2 Å². The van der Waals surface area contributed by atoms with Crippen molar-refractivity contribution in [3.05, 3.63) is 29.8 Å². The number of nitrogens with one attached hydrogen (secondary N) is 1. The van der Waals surface area contributed by atoms with Crippen LogP contribution < -0.4 is 10.5 Å². The molecule has 1 aliphatic carbocycles. The van der Waals surface area contributed by atoms with E-state index in [0.29, 0.717) is 6.42 Å². The van der Waals surface area contributed by atoms with E-state index in [1.165, 1.54) is 12.1 Å². The molecule has 4 nitrogen and oxygen atoms in total. The maximum absolute atomic E-state index is 12.9. The van der Waals surface area contributed by atoms with E-state index in [2.05, 4.69) is 4.72 Å². The molecular formula is C14H19F3N2O2S. The molecule has 8 heteroatoms. The lowest BCUT2D eigenvalue weighted by Crippen LogP contribution is -2.36. The minimum Gasteiger partial charge on any atom is -0.328 e. The molecule has 0 spiro atoms. The van der Waals surface area contributed by atoms with Crippen LogP contribution in [0.25, 0.3) is 0 Å². The Morgan fingerprint density at radius 1 is 1.23 bits per heavy atom. The number of alkyl halides is 3. The summed E-state index contributed by atoms with van der Waals surface area (Å²) in [6.07, 6.45) is -1.38. The average Bonchev–Trinajstić information content (AvgIpc) is 2.45. The van der Waals surface area contributed by atoms with Crippen LogP contribution in [0.4, 0.5) is 13.2 Å². The highest BCUT2D eigenvalue weighted by Crippen LogP contribution is 2.34. The molecule has 0 aromatic heterocycles. The third kappa shape index (κ3) is 4.21. The molecule has 1 fully saturated rings. The number of benzene rings is 1. The normalized spacial score (nSPS) is 23.5. The molecule has 1 saturated carbocycles. The SMILES string of the molecule is NC1CCCC(CNS(=O)(=O)c2ccccc2C(F)(F)F)C1. The molecule has 0 saturated heterocycles. The number of halogens is 3. The Kier molecular flexibility index (Phi) is 5.14. The summed E-state index contributed by atoms with van der Waals surface area (Å²) in [5.74, 6) is 0.0663. The van der Waals surface area contributed by atoms with E-state index in [4.69, 9.17) is 5.73 Å². The van der Waals surface area contributed by atoms with Crippen LogP contribution in [0.5, 0.6) is 0 Å². The molecule has 0 amide bonds. The Morgan fingerprint density at radius 2 is 1.91 bits per heavy atom. The summed E-state index contributed by atoms with van der Waals surface area (Å²) in [4.78, 5) is -0.734. The second-order valence-corrected chi connectivity index (χ2v) is 7.37. The van der Waals surface area contributed by atoms with Gasteiger partial charge in [0.05, 0.1) is 10.5 Å². The molecule has 2 unspecified atom stereocenters. The molecule has 1 aromatic rings. The Hall–Kier alpha value is -1.12. The largest absolute Gasteiger partial charge is 0.417 e. The van der Waals surface area contributed by atoms with Crippen molar-refractivity contribution < 1.29 is 21.6 Å². The molecule has 0 bridgehead atoms. The van der Waals surface area contributed by atoms with Gasteiger partial charge in [0.1, 0.15) is 0 Å². The first-order valence-electron chi connectivity index (χ1n) is 7.11. The molecule has 3 N–H and O–H groups in total. The Balaban J connectivity index is 2.14. The van der Waals surface area contributed by atoms with Gasteiger partial charge in [-0.15, -0.1) is 0 Å². The van der Waals surface area contributed by atoms with Crippen LogP contribution in [0.3, 0.4) is 0 Å². The maximum Gasteiger partial charge on any atom is 0.417 e. The quantitative estimate of drug-likeness (QED) is 0.887. The first kappa shape index (κ1) is 17.2. The fraction of sp³-hybridized carbons (Fsp3) is 0.571. The molecule has 0 heterocycles. The molecule has 22 heavy (non-hydrogen) atoms. The number of hydrogen-bond donors (Lipinski definition) is 2. The van der Waals surface area contributed by atoms with Crippen LogP contribution in [0, 0.1) is 5.92 Å². The summed E-state index contributed by atoms with van der Waals surface area (Å²) < 4.78 is 65.4. The van der Waals surface area contributed by atoms with Crippen molar-refractivity contribution in [2.24, 2.45) is 11.7 Å². The smallest absolute Gasteiger partial charge is 0.328 e. The van der Waals surface area contributed by atoms with Crippen molar-refractivity contribution in [3.8, 4) is 0 Å². The number of hydrogen-bond acceptors (Lipinski definition) is 3. The topological polar surface area (TPSA) is 72.2 Å². The standard InChI is InChI=1S/C14H19F3N2O2S/c15-14(16,17)12-6-1-2-7-13(12)22(20,21)19-9-10-4-3-5-11(18)8-10/h1-2,6-7,10-11,19H,3-5,8-9,18H2. The third-order valence-corrected chi connectivity index (χ3v) is 5.35. The Labute approximate surface area is 127 Å². The Bertz CT molecular complexity index is 617. The van der Waals surface area contributed by atoms with Crippen LogP contribution in [-0.2, 0) is 16.2 Å². The van der Waals surface area contributed by atoms with Gasteiger partial charge in [0.15, 0.2) is 0 Å². The number of nitrogens with two attached hydrogens (primary N) is 1. The van der Waals surface area contributed by atoms with Crippen molar-refractivity contribution in [2.45, 2.75) is 42.8 Å². The Morgan fingerprint density at radius 3 is 2.55 bits per heavy atom. The molecule has 2 rings (SSSR count). The summed E-state index contributed by atoms with van der Waals surface area (Å²) >= 11 is 0. The first-order chi connectivity index (χ1) is 10.2. The predicted octanol–water partition coefficient (Wildman–Crippen LogP) is 2.50. The van der Waals surface area contributed by atoms with Crippen molar-refractivity contribution in [1.29, 1.82) is 0 Å². The zero-order valence-electron chi connectivity index (χ0n) is 11.9. The average molecular weight is 336 g/mol. The minimum atomic E-state index is -4.71. The molecular weight excluding hydrogens is 317 g/mol. The fourth-order valence-electron chi connectivity index (χ4n) is 2.76. The van der Waals surface area contributed by atoms with Gasteiger partial charge in [0.2, 0.25) is 10.0 Å². The zero-order valence-corrected chi connectivity index (χ0v) is 12.8. The van der Waals surface area contributed by atoms with Gasteiger partial charge in [-0.2, -0.15) is 13.2 Å². The van der Waals surface area contributed by atoms with E-state index in [-0.39, 0.29) is 18.5 Å². The fourth-order valence-corrected chi connectivity index (χ4v) is 4.10. The van der Waals surface area contributed by atoms with Crippen molar-refractivity contribution >= 4 is 10.0 Å². The first-order valence-corrected chi connectivity index (χ1v) is 8.60. The van der Waals surface area contributed by atoms with Crippen molar-refractivity contribution in [2.75, 3.05) is 6.54 Å². The lowest BCUT2D eigenvalue weighted by molar-refractivity contribution is -0.139. The van der Waals surface area contributed by atoms with E-state index in [0.717, 1.165) is 31.4 Å². The summed E-state index contributed by atoms with van der Waals surface area (Å²) in [5.41, 5.74) is 4.68. The van der Waals surface area contributed by atoms with Gasteiger partial charge in [-0.3, -0.25) is 0 Å². The van der Waals surface area contributed by atoms with Gasteiger partial charge in [-0.05, 0) is 37.3 Å². The highest BCUT2D eigenvalue weighted by Gasteiger charge is 2.37. The molecule has 0 aliphatic heterocycles. The van der Waals surface area contributed by atoms with Gasteiger partial charge >= 0.3 is 6.18 Å². The predicted molar refractivity (Wildman–Crippen MR) is 76.6 cm³/mol. The molecule has 2 atom stereocenters. The van der Waals surface area contributed by atoms with Crippen LogP contribution >= 0.6 is 0 Å². The van der Waals surface area contributed by atoms with Gasteiger partial charge in [0.25, 0.3) is 0 Å². The lowest BCUT2D eigenvalue weighted by Gasteiger charge is -2.26. The van der Waals surface area contributed by atoms with E-state index in [9.17, 15) is 21.6 Å². The molecule has 0 radical (unpaired) electrons. The minimum absolute atomic E-state index is 0.0331. The van der Waals surface area contributed by atoms with Crippen LogP contribution in [0.1, 0.15) is 31.2 Å². The number of rotatable bonds is 4. The highest BCUT2D eigenvalue weighted by atomic mass is 32.2. The second kappa shape index (κ2) is 6.55. The summed E-state index contributed by atoms with van der Waals surface area (Å²) in [6, 6.07) is 4.22. The van der Waals surface area contributed by atoms with Gasteiger partial charge in [-0.1, -0.05) is 18.6 Å².